The Morgan fingerprint density at radius 2 is 1.90 bits per heavy atom. The molecule has 0 fully saturated rings. The topological polar surface area (TPSA) is 59.6 Å². The van der Waals surface area contributed by atoms with E-state index in [0.717, 1.165) is 5.56 Å². The van der Waals surface area contributed by atoms with E-state index in [1.165, 1.54) is 0 Å². The number of ether oxygens (including phenoxy) is 2. The van der Waals surface area contributed by atoms with Crippen LogP contribution in [0.1, 0.15) is 25.8 Å². The van der Waals surface area contributed by atoms with Gasteiger partial charge in [-0.1, -0.05) is 6.07 Å². The fraction of sp³-hybridized carbons (Fsp3) is 0.533. The van der Waals surface area contributed by atoms with Crippen LogP contribution in [0.5, 0.6) is 11.5 Å². The fourth-order valence-corrected chi connectivity index (χ4v) is 1.82. The Morgan fingerprint density at radius 3 is 2.50 bits per heavy atom. The normalized spacial score (nSPS) is 10.4. The molecule has 20 heavy (non-hydrogen) atoms. The number of carbonyl (C=O) groups excluding carboxylic acids is 1. The molecule has 0 spiro atoms. The van der Waals surface area contributed by atoms with Crippen LogP contribution in [0.4, 0.5) is 0 Å². The van der Waals surface area contributed by atoms with Crippen LogP contribution in [0.2, 0.25) is 0 Å². The third-order valence-corrected chi connectivity index (χ3v) is 2.76. The van der Waals surface area contributed by atoms with Crippen molar-refractivity contribution >= 4 is 5.91 Å². The number of hydrogen-bond acceptors (Lipinski definition) is 4. The number of nitrogens with one attached hydrogen (secondary N) is 2. The second kappa shape index (κ2) is 8.43. The van der Waals surface area contributed by atoms with E-state index in [-0.39, 0.29) is 11.9 Å². The van der Waals surface area contributed by atoms with Crippen LogP contribution < -0.4 is 20.1 Å². The molecule has 1 aromatic carbocycles. The van der Waals surface area contributed by atoms with Gasteiger partial charge in [-0.3, -0.25) is 4.79 Å². The van der Waals surface area contributed by atoms with Crippen molar-refractivity contribution in [3.8, 4) is 11.5 Å². The number of benzene rings is 1. The molecular formula is C15H24N2O3. The molecule has 0 heterocycles. The van der Waals surface area contributed by atoms with Crippen LogP contribution in [-0.2, 0) is 11.3 Å². The van der Waals surface area contributed by atoms with Crippen molar-refractivity contribution in [1.29, 1.82) is 0 Å². The minimum atomic E-state index is 0.0693. The zero-order valence-electron chi connectivity index (χ0n) is 12.7. The summed E-state index contributed by atoms with van der Waals surface area (Å²) >= 11 is 0. The number of methoxy groups -OCH3 is 2. The highest BCUT2D eigenvalue weighted by Gasteiger charge is 2.05. The van der Waals surface area contributed by atoms with E-state index in [2.05, 4.69) is 10.6 Å². The number of hydrogen-bond donors (Lipinski definition) is 2. The molecule has 0 saturated heterocycles. The maximum atomic E-state index is 11.5. The molecule has 0 atom stereocenters. The van der Waals surface area contributed by atoms with Gasteiger partial charge < -0.3 is 20.1 Å². The van der Waals surface area contributed by atoms with Gasteiger partial charge >= 0.3 is 0 Å². The highest BCUT2D eigenvalue weighted by Crippen LogP contribution is 2.27. The Labute approximate surface area is 120 Å². The lowest BCUT2D eigenvalue weighted by molar-refractivity contribution is -0.121. The molecule has 2 N–H and O–H groups in total. The van der Waals surface area contributed by atoms with Gasteiger partial charge in [0.25, 0.3) is 0 Å². The highest BCUT2D eigenvalue weighted by molar-refractivity contribution is 5.76. The average molecular weight is 280 g/mol. The quantitative estimate of drug-likeness (QED) is 0.712. The Hall–Kier alpha value is -1.75. The number of amides is 1. The average Bonchev–Trinajstić information content (AvgIpc) is 2.42. The minimum Gasteiger partial charge on any atom is -0.493 e. The second-order valence-electron chi connectivity index (χ2n) is 4.84. The van der Waals surface area contributed by atoms with E-state index in [0.29, 0.717) is 31.0 Å². The summed E-state index contributed by atoms with van der Waals surface area (Å²) in [6.45, 7) is 5.24. The molecule has 1 amide bonds. The molecule has 0 aliphatic carbocycles. The largest absolute Gasteiger partial charge is 0.493 e. The molecule has 0 radical (unpaired) electrons. The zero-order valence-corrected chi connectivity index (χ0v) is 12.7. The lowest BCUT2D eigenvalue weighted by atomic mass is 10.2. The molecule has 112 valence electrons. The van der Waals surface area contributed by atoms with Gasteiger partial charge in [0.05, 0.1) is 14.2 Å². The van der Waals surface area contributed by atoms with Crippen LogP contribution in [-0.4, -0.2) is 32.7 Å². The first-order valence-corrected chi connectivity index (χ1v) is 6.77. The summed E-state index contributed by atoms with van der Waals surface area (Å²) < 4.78 is 10.4. The van der Waals surface area contributed by atoms with Crippen molar-refractivity contribution in [1.82, 2.24) is 10.6 Å². The van der Waals surface area contributed by atoms with Crippen molar-refractivity contribution in [3.05, 3.63) is 23.8 Å². The molecule has 1 aromatic rings. The summed E-state index contributed by atoms with van der Waals surface area (Å²) in [5.41, 5.74) is 1.09. The first-order valence-electron chi connectivity index (χ1n) is 6.77. The summed E-state index contributed by atoms with van der Waals surface area (Å²) in [5.74, 6) is 1.50. The predicted molar refractivity (Wildman–Crippen MR) is 79.1 cm³/mol. The van der Waals surface area contributed by atoms with E-state index in [4.69, 9.17) is 9.47 Å². The zero-order chi connectivity index (χ0) is 15.0. The Balaban J connectivity index is 2.37. The van der Waals surface area contributed by atoms with Gasteiger partial charge in [0, 0.05) is 25.6 Å². The third kappa shape index (κ3) is 5.48. The summed E-state index contributed by atoms with van der Waals surface area (Å²) in [6, 6.07) is 5.97. The van der Waals surface area contributed by atoms with Gasteiger partial charge in [-0.2, -0.15) is 0 Å². The van der Waals surface area contributed by atoms with Gasteiger partial charge in [-0.25, -0.2) is 0 Å². The SMILES string of the molecule is COc1ccc(CNCCC(=O)NC(C)C)cc1OC. The highest BCUT2D eigenvalue weighted by atomic mass is 16.5. The smallest absolute Gasteiger partial charge is 0.221 e. The molecule has 5 nitrogen and oxygen atoms in total. The Bertz CT molecular complexity index is 433. The van der Waals surface area contributed by atoms with E-state index >= 15 is 0 Å². The van der Waals surface area contributed by atoms with Crippen LogP contribution in [0.3, 0.4) is 0 Å². The summed E-state index contributed by atoms with van der Waals surface area (Å²) in [7, 11) is 3.23. The molecule has 0 bridgehead atoms. The van der Waals surface area contributed by atoms with Gasteiger partial charge in [0.2, 0.25) is 5.91 Å². The van der Waals surface area contributed by atoms with Crippen molar-refractivity contribution in [2.24, 2.45) is 0 Å². The first-order chi connectivity index (χ1) is 9.56. The number of carbonyl (C=O) groups is 1. The predicted octanol–water partition coefficient (Wildman–Crippen LogP) is 1.71. The lowest BCUT2D eigenvalue weighted by Gasteiger charge is -2.11. The van der Waals surface area contributed by atoms with Crippen LogP contribution in [0.15, 0.2) is 18.2 Å². The first kappa shape index (κ1) is 16.3. The van der Waals surface area contributed by atoms with Crippen molar-refractivity contribution in [2.45, 2.75) is 32.9 Å². The molecule has 1 rings (SSSR count). The minimum absolute atomic E-state index is 0.0693. The third-order valence-electron chi connectivity index (χ3n) is 2.76. The van der Waals surface area contributed by atoms with Crippen molar-refractivity contribution in [3.63, 3.8) is 0 Å². The molecule has 0 aliphatic rings. The summed E-state index contributed by atoms with van der Waals surface area (Å²) in [6.07, 6.45) is 0.478. The molecule has 0 aliphatic heterocycles. The van der Waals surface area contributed by atoms with E-state index in [1.54, 1.807) is 14.2 Å². The van der Waals surface area contributed by atoms with Gasteiger partial charge in [0.15, 0.2) is 11.5 Å². The van der Waals surface area contributed by atoms with E-state index in [9.17, 15) is 4.79 Å². The van der Waals surface area contributed by atoms with Gasteiger partial charge in [-0.05, 0) is 31.5 Å². The molecule has 0 aromatic heterocycles. The summed E-state index contributed by atoms with van der Waals surface area (Å²) in [4.78, 5) is 11.5. The Morgan fingerprint density at radius 1 is 1.20 bits per heavy atom. The maximum Gasteiger partial charge on any atom is 0.221 e. The van der Waals surface area contributed by atoms with Crippen LogP contribution in [0, 0.1) is 0 Å². The van der Waals surface area contributed by atoms with E-state index < -0.39 is 0 Å². The van der Waals surface area contributed by atoms with E-state index in [1.807, 2.05) is 32.0 Å². The molecular weight excluding hydrogens is 256 g/mol. The number of rotatable bonds is 8. The fourth-order valence-electron chi connectivity index (χ4n) is 1.82. The van der Waals surface area contributed by atoms with Crippen LogP contribution >= 0.6 is 0 Å². The van der Waals surface area contributed by atoms with Crippen molar-refractivity contribution in [2.75, 3.05) is 20.8 Å². The monoisotopic (exact) mass is 280 g/mol. The van der Waals surface area contributed by atoms with Crippen LogP contribution in [0.25, 0.3) is 0 Å². The second-order valence-corrected chi connectivity index (χ2v) is 4.84. The van der Waals surface area contributed by atoms with Gasteiger partial charge in [-0.15, -0.1) is 0 Å². The molecule has 0 unspecified atom stereocenters. The molecule has 0 saturated carbocycles. The Kier molecular flexibility index (Phi) is 6.87. The molecule has 5 heteroatoms. The van der Waals surface area contributed by atoms with Gasteiger partial charge in [0.1, 0.15) is 0 Å². The van der Waals surface area contributed by atoms with Crippen molar-refractivity contribution < 1.29 is 14.3 Å². The summed E-state index contributed by atoms with van der Waals surface area (Å²) in [5, 5.41) is 6.10. The standard InChI is InChI=1S/C15H24N2O3/c1-11(2)17-15(18)7-8-16-10-12-5-6-13(19-3)14(9-12)20-4/h5-6,9,11,16H,7-8,10H2,1-4H3,(H,17,18). The lowest BCUT2D eigenvalue weighted by Crippen LogP contribution is -2.32. The maximum absolute atomic E-state index is 11.5.